The van der Waals surface area contributed by atoms with Crippen LogP contribution in [0.25, 0.3) is 0 Å². The smallest absolute Gasteiger partial charge is 0.156 e. The van der Waals surface area contributed by atoms with Crippen molar-refractivity contribution in [1.82, 2.24) is 0 Å². The second-order valence-electron chi connectivity index (χ2n) is 3.38. The summed E-state index contributed by atoms with van der Waals surface area (Å²) in [5, 5.41) is 0. The highest BCUT2D eigenvalue weighted by molar-refractivity contribution is 7.93. The van der Waals surface area contributed by atoms with Gasteiger partial charge in [0.25, 0.3) is 0 Å². The molecule has 0 aliphatic carbocycles. The third-order valence-corrected chi connectivity index (χ3v) is 3.47. The standard InChI is InChI=1S/C7H12O4S/c1-6(2)11-7(3-8)4-12(9,10)5-7/h3,6H,4-5H2,1-2H3. The van der Waals surface area contributed by atoms with E-state index < -0.39 is 15.4 Å². The van der Waals surface area contributed by atoms with Gasteiger partial charge in [-0.2, -0.15) is 0 Å². The van der Waals surface area contributed by atoms with E-state index in [4.69, 9.17) is 4.74 Å². The lowest BCUT2D eigenvalue weighted by Gasteiger charge is -2.37. The molecule has 1 saturated heterocycles. The Morgan fingerprint density at radius 2 is 1.92 bits per heavy atom. The van der Waals surface area contributed by atoms with E-state index in [1.165, 1.54) is 0 Å². The van der Waals surface area contributed by atoms with E-state index >= 15 is 0 Å². The van der Waals surface area contributed by atoms with E-state index in [9.17, 15) is 13.2 Å². The highest BCUT2D eigenvalue weighted by atomic mass is 32.2. The minimum atomic E-state index is -3.00. The van der Waals surface area contributed by atoms with Gasteiger partial charge in [0.2, 0.25) is 0 Å². The number of sulfone groups is 1. The van der Waals surface area contributed by atoms with Crippen LogP contribution in [0.4, 0.5) is 0 Å². The van der Waals surface area contributed by atoms with Gasteiger partial charge in [-0.1, -0.05) is 0 Å². The van der Waals surface area contributed by atoms with Crippen molar-refractivity contribution in [2.75, 3.05) is 11.5 Å². The number of rotatable bonds is 3. The van der Waals surface area contributed by atoms with Crippen LogP contribution in [0.3, 0.4) is 0 Å². The molecule has 0 aromatic heterocycles. The van der Waals surface area contributed by atoms with Gasteiger partial charge in [-0.15, -0.1) is 0 Å². The zero-order chi connectivity index (χ0) is 9.41. The zero-order valence-electron chi connectivity index (χ0n) is 7.11. The molecule has 1 fully saturated rings. The van der Waals surface area contributed by atoms with E-state index in [-0.39, 0.29) is 17.6 Å². The molecule has 0 N–H and O–H groups in total. The third kappa shape index (κ3) is 1.84. The Labute approximate surface area is 71.8 Å². The fourth-order valence-corrected chi connectivity index (χ4v) is 3.01. The minimum Gasteiger partial charge on any atom is -0.363 e. The highest BCUT2D eigenvalue weighted by Crippen LogP contribution is 2.26. The average molecular weight is 192 g/mol. The van der Waals surface area contributed by atoms with Gasteiger partial charge in [0.15, 0.2) is 21.7 Å². The van der Waals surface area contributed by atoms with Crippen LogP contribution in [-0.4, -0.2) is 37.9 Å². The third-order valence-electron chi connectivity index (χ3n) is 1.61. The fourth-order valence-electron chi connectivity index (χ4n) is 1.34. The summed E-state index contributed by atoms with van der Waals surface area (Å²) in [5.41, 5.74) is -1.05. The zero-order valence-corrected chi connectivity index (χ0v) is 7.93. The average Bonchev–Trinajstić information content (AvgIpc) is 1.81. The van der Waals surface area contributed by atoms with Crippen molar-refractivity contribution in [2.45, 2.75) is 25.6 Å². The van der Waals surface area contributed by atoms with Crippen LogP contribution in [-0.2, 0) is 19.4 Å². The van der Waals surface area contributed by atoms with Crippen molar-refractivity contribution in [3.63, 3.8) is 0 Å². The fraction of sp³-hybridized carbons (Fsp3) is 0.857. The lowest BCUT2D eigenvalue weighted by Crippen LogP contribution is -2.58. The molecule has 0 atom stereocenters. The summed E-state index contributed by atoms with van der Waals surface area (Å²) in [6.45, 7) is 3.55. The predicted molar refractivity (Wildman–Crippen MR) is 43.7 cm³/mol. The summed E-state index contributed by atoms with van der Waals surface area (Å²) in [5.74, 6) is -0.330. The van der Waals surface area contributed by atoms with E-state index in [1.807, 2.05) is 0 Å². The van der Waals surface area contributed by atoms with Gasteiger partial charge in [-0.05, 0) is 13.8 Å². The molecule has 0 amide bonds. The Balaban J connectivity index is 2.65. The Kier molecular flexibility index (Phi) is 2.27. The van der Waals surface area contributed by atoms with Gasteiger partial charge in [-0.3, -0.25) is 0 Å². The van der Waals surface area contributed by atoms with Crippen LogP contribution in [0.15, 0.2) is 0 Å². The van der Waals surface area contributed by atoms with E-state index in [2.05, 4.69) is 0 Å². The Hall–Kier alpha value is -0.420. The summed E-state index contributed by atoms with van der Waals surface area (Å²) >= 11 is 0. The maximum atomic E-state index is 10.8. The summed E-state index contributed by atoms with van der Waals surface area (Å²) in [7, 11) is -3.00. The van der Waals surface area contributed by atoms with Gasteiger partial charge >= 0.3 is 0 Å². The van der Waals surface area contributed by atoms with Gasteiger partial charge in [-0.25, -0.2) is 8.42 Å². The van der Waals surface area contributed by atoms with Crippen LogP contribution >= 0.6 is 0 Å². The summed E-state index contributed by atoms with van der Waals surface area (Å²) in [6.07, 6.45) is 0.472. The highest BCUT2D eigenvalue weighted by Gasteiger charge is 2.50. The molecule has 0 spiro atoms. The molecule has 12 heavy (non-hydrogen) atoms. The van der Waals surface area contributed by atoms with Crippen LogP contribution in [0, 0.1) is 0 Å². The molecule has 0 unspecified atom stereocenters. The van der Waals surface area contributed by atoms with Gasteiger partial charge < -0.3 is 9.53 Å². The number of ether oxygens (including phenoxy) is 1. The van der Waals surface area contributed by atoms with Crippen LogP contribution in [0.1, 0.15) is 13.8 Å². The minimum absolute atomic E-state index is 0.120. The second-order valence-corrected chi connectivity index (χ2v) is 5.45. The lowest BCUT2D eigenvalue weighted by molar-refractivity contribution is -0.132. The molecular formula is C7H12O4S. The van der Waals surface area contributed by atoms with E-state index in [0.29, 0.717) is 6.29 Å². The number of carbonyl (C=O) groups is 1. The molecule has 0 saturated carbocycles. The molecule has 70 valence electrons. The largest absolute Gasteiger partial charge is 0.363 e. The molecule has 1 aliphatic rings. The lowest BCUT2D eigenvalue weighted by atomic mass is 10.1. The van der Waals surface area contributed by atoms with Gasteiger partial charge in [0.1, 0.15) is 0 Å². The SMILES string of the molecule is CC(C)OC1(C=O)CS(=O)(=O)C1. The van der Waals surface area contributed by atoms with Crippen LogP contribution in [0.2, 0.25) is 0 Å². The molecule has 0 bridgehead atoms. The van der Waals surface area contributed by atoms with Crippen molar-refractivity contribution in [3.8, 4) is 0 Å². The first-order valence-corrected chi connectivity index (χ1v) is 5.56. The quantitative estimate of drug-likeness (QED) is 0.580. The Morgan fingerprint density at radius 3 is 2.17 bits per heavy atom. The molecule has 0 aromatic rings. The van der Waals surface area contributed by atoms with Crippen molar-refractivity contribution < 1.29 is 17.9 Å². The summed E-state index contributed by atoms with van der Waals surface area (Å²) in [4.78, 5) is 10.5. The molecule has 1 rings (SSSR count). The molecular weight excluding hydrogens is 180 g/mol. The maximum Gasteiger partial charge on any atom is 0.156 e. The number of hydrogen-bond acceptors (Lipinski definition) is 4. The topological polar surface area (TPSA) is 60.4 Å². The van der Waals surface area contributed by atoms with Crippen molar-refractivity contribution in [1.29, 1.82) is 0 Å². The monoisotopic (exact) mass is 192 g/mol. The van der Waals surface area contributed by atoms with Crippen molar-refractivity contribution in [2.24, 2.45) is 0 Å². The Bertz CT molecular complexity index is 266. The van der Waals surface area contributed by atoms with E-state index in [0.717, 1.165) is 0 Å². The normalized spacial score (nSPS) is 24.9. The molecule has 1 heterocycles. The number of hydrogen-bond donors (Lipinski definition) is 0. The second kappa shape index (κ2) is 2.81. The summed E-state index contributed by atoms with van der Waals surface area (Å²) < 4.78 is 26.8. The molecule has 5 heteroatoms. The van der Waals surface area contributed by atoms with Gasteiger partial charge in [0.05, 0.1) is 17.6 Å². The van der Waals surface area contributed by atoms with Crippen molar-refractivity contribution in [3.05, 3.63) is 0 Å². The first-order valence-electron chi connectivity index (χ1n) is 3.74. The van der Waals surface area contributed by atoms with Gasteiger partial charge in [0, 0.05) is 0 Å². The van der Waals surface area contributed by atoms with E-state index in [1.54, 1.807) is 13.8 Å². The maximum absolute atomic E-state index is 10.8. The molecule has 0 radical (unpaired) electrons. The molecule has 0 aromatic carbocycles. The van der Waals surface area contributed by atoms with Crippen molar-refractivity contribution >= 4 is 16.1 Å². The number of aldehydes is 1. The predicted octanol–water partition coefficient (Wildman–Crippen LogP) is -0.222. The first kappa shape index (κ1) is 9.67. The number of carbonyl (C=O) groups excluding carboxylic acids is 1. The van der Waals surface area contributed by atoms with Crippen LogP contribution in [0.5, 0.6) is 0 Å². The molecule has 4 nitrogen and oxygen atoms in total. The summed E-state index contributed by atoms with van der Waals surface area (Å²) in [6, 6.07) is 0. The van der Waals surface area contributed by atoms with Crippen LogP contribution < -0.4 is 0 Å². The molecule has 1 aliphatic heterocycles. The first-order chi connectivity index (χ1) is 5.39. The Morgan fingerprint density at radius 1 is 1.42 bits per heavy atom.